The van der Waals surface area contributed by atoms with Crippen LogP contribution in [0.3, 0.4) is 0 Å². The van der Waals surface area contributed by atoms with Gasteiger partial charge in [0.1, 0.15) is 5.76 Å². The standard InChI is InChI=1S/C21H18F5N3O2/c1-13-18(27-19(30)8-7-16-4-3-9-31-16)12-29(28-13)11-14-5-6-15(21(24,25)26)10-17(14)20(2,22)23/h3-10,12H,11H2,1-2H3,(H,27,30)/b8-7+. The van der Waals surface area contributed by atoms with Crippen molar-refractivity contribution in [1.29, 1.82) is 0 Å². The lowest BCUT2D eigenvalue weighted by molar-refractivity contribution is -0.137. The summed E-state index contributed by atoms with van der Waals surface area (Å²) >= 11 is 0. The summed E-state index contributed by atoms with van der Waals surface area (Å²) in [5, 5.41) is 6.76. The van der Waals surface area contributed by atoms with Crippen molar-refractivity contribution < 1.29 is 31.2 Å². The molecule has 2 aromatic heterocycles. The number of rotatable bonds is 6. The van der Waals surface area contributed by atoms with Crippen molar-refractivity contribution in [3.63, 3.8) is 0 Å². The number of furan rings is 1. The highest BCUT2D eigenvalue weighted by atomic mass is 19.4. The summed E-state index contributed by atoms with van der Waals surface area (Å²) in [4.78, 5) is 12.1. The summed E-state index contributed by atoms with van der Waals surface area (Å²) < 4.78 is 73.1. The summed E-state index contributed by atoms with van der Waals surface area (Å²) in [5.41, 5.74) is -1.15. The van der Waals surface area contributed by atoms with Gasteiger partial charge in [-0.15, -0.1) is 0 Å². The van der Waals surface area contributed by atoms with Gasteiger partial charge in [-0.3, -0.25) is 9.48 Å². The number of alkyl halides is 5. The zero-order chi connectivity index (χ0) is 22.8. The lowest BCUT2D eigenvalue weighted by Gasteiger charge is -2.18. The molecule has 0 spiro atoms. The largest absolute Gasteiger partial charge is 0.465 e. The van der Waals surface area contributed by atoms with E-state index in [9.17, 15) is 26.7 Å². The number of nitrogens with one attached hydrogen (secondary N) is 1. The fraction of sp³-hybridized carbons (Fsp3) is 0.238. The second kappa shape index (κ2) is 8.37. The van der Waals surface area contributed by atoms with Crippen LogP contribution >= 0.6 is 0 Å². The van der Waals surface area contributed by atoms with Crippen molar-refractivity contribution >= 4 is 17.7 Å². The maximum Gasteiger partial charge on any atom is 0.416 e. The minimum Gasteiger partial charge on any atom is -0.465 e. The predicted molar refractivity (Wildman–Crippen MR) is 103 cm³/mol. The molecule has 0 aliphatic rings. The van der Waals surface area contributed by atoms with E-state index in [4.69, 9.17) is 4.42 Å². The molecule has 0 aliphatic heterocycles. The Kier molecular flexibility index (Phi) is 6.01. The van der Waals surface area contributed by atoms with Crippen LogP contribution in [0.5, 0.6) is 0 Å². The number of amides is 1. The summed E-state index contributed by atoms with van der Waals surface area (Å²) in [6.45, 7) is 1.94. The Balaban J connectivity index is 1.80. The third kappa shape index (κ3) is 5.59. The van der Waals surface area contributed by atoms with E-state index >= 15 is 0 Å². The predicted octanol–water partition coefficient (Wildman–Crippen LogP) is 5.62. The lowest BCUT2D eigenvalue weighted by atomic mass is 9.99. The van der Waals surface area contributed by atoms with Gasteiger partial charge in [0, 0.05) is 24.8 Å². The summed E-state index contributed by atoms with van der Waals surface area (Å²) in [6.07, 6.45) is 0.861. The zero-order valence-corrected chi connectivity index (χ0v) is 16.5. The minimum absolute atomic E-state index is 0.0152. The number of aromatic nitrogens is 2. The molecule has 10 heteroatoms. The molecule has 0 atom stereocenters. The molecule has 3 aromatic rings. The molecule has 3 rings (SSSR count). The van der Waals surface area contributed by atoms with Crippen molar-refractivity contribution in [1.82, 2.24) is 9.78 Å². The fourth-order valence-electron chi connectivity index (χ4n) is 2.91. The summed E-state index contributed by atoms with van der Waals surface area (Å²) in [5.74, 6) is -3.46. The number of nitrogens with zero attached hydrogens (tertiary/aromatic N) is 2. The molecule has 0 fully saturated rings. The maximum absolute atomic E-state index is 14.0. The van der Waals surface area contributed by atoms with Crippen molar-refractivity contribution in [2.24, 2.45) is 0 Å². The van der Waals surface area contributed by atoms with Crippen LogP contribution in [-0.2, 0) is 23.4 Å². The Morgan fingerprint density at radius 2 is 1.97 bits per heavy atom. The van der Waals surface area contributed by atoms with Crippen LogP contribution in [0.1, 0.15) is 35.1 Å². The van der Waals surface area contributed by atoms with E-state index in [2.05, 4.69) is 10.4 Å². The molecule has 0 saturated heterocycles. The molecule has 1 amide bonds. The van der Waals surface area contributed by atoms with Gasteiger partial charge in [0.25, 0.3) is 5.92 Å². The number of benzene rings is 1. The minimum atomic E-state index is -4.73. The first-order chi connectivity index (χ1) is 14.4. The number of aryl methyl sites for hydroxylation is 1. The highest BCUT2D eigenvalue weighted by Crippen LogP contribution is 2.36. The molecule has 1 aromatic carbocycles. The van der Waals surface area contributed by atoms with Gasteiger partial charge in [0.15, 0.2) is 0 Å². The van der Waals surface area contributed by atoms with Crippen molar-refractivity contribution in [2.45, 2.75) is 32.5 Å². The smallest absolute Gasteiger partial charge is 0.416 e. The Bertz CT molecular complexity index is 1090. The molecule has 2 heterocycles. The van der Waals surface area contributed by atoms with Gasteiger partial charge < -0.3 is 9.73 Å². The molecular formula is C21H18F5N3O2. The van der Waals surface area contributed by atoms with Crippen molar-refractivity contribution in [3.05, 3.63) is 77.0 Å². The molecule has 0 aliphatic carbocycles. The van der Waals surface area contributed by atoms with Crippen LogP contribution in [0.25, 0.3) is 6.08 Å². The van der Waals surface area contributed by atoms with Gasteiger partial charge in [-0.2, -0.15) is 18.3 Å². The average Bonchev–Trinajstić information content (AvgIpc) is 3.28. The van der Waals surface area contributed by atoms with Crippen molar-refractivity contribution in [3.8, 4) is 0 Å². The van der Waals surface area contributed by atoms with Crippen LogP contribution < -0.4 is 5.32 Å². The molecular weight excluding hydrogens is 421 g/mol. The van der Waals surface area contributed by atoms with Gasteiger partial charge in [-0.25, -0.2) is 8.78 Å². The number of carbonyl (C=O) groups is 1. The van der Waals surface area contributed by atoms with Crippen LogP contribution in [0, 0.1) is 6.92 Å². The fourth-order valence-corrected chi connectivity index (χ4v) is 2.91. The van der Waals surface area contributed by atoms with E-state index in [0.717, 1.165) is 12.1 Å². The molecule has 1 N–H and O–H groups in total. The van der Waals surface area contributed by atoms with Gasteiger partial charge in [-0.05, 0) is 42.8 Å². The third-order valence-corrected chi connectivity index (χ3v) is 4.39. The molecule has 31 heavy (non-hydrogen) atoms. The second-order valence-electron chi connectivity index (χ2n) is 6.92. The normalized spacial score (nSPS) is 12.5. The molecule has 0 unspecified atom stereocenters. The van der Waals surface area contributed by atoms with Crippen LogP contribution in [0.15, 0.2) is 53.3 Å². The Labute approximate surface area is 174 Å². The van der Waals surface area contributed by atoms with Crippen LogP contribution in [0.2, 0.25) is 0 Å². The SMILES string of the molecule is Cc1nn(Cc2ccc(C(F)(F)F)cc2C(C)(F)F)cc1NC(=O)/C=C/c1ccco1. The molecule has 0 radical (unpaired) electrons. The van der Waals surface area contributed by atoms with Crippen LogP contribution in [0.4, 0.5) is 27.6 Å². The Morgan fingerprint density at radius 3 is 2.58 bits per heavy atom. The quantitative estimate of drug-likeness (QED) is 0.401. The number of hydrogen-bond donors (Lipinski definition) is 1. The van der Waals surface area contributed by atoms with E-state index in [0.29, 0.717) is 30.1 Å². The second-order valence-corrected chi connectivity index (χ2v) is 6.92. The van der Waals surface area contributed by atoms with E-state index in [1.165, 1.54) is 29.3 Å². The third-order valence-electron chi connectivity index (χ3n) is 4.39. The maximum atomic E-state index is 14.0. The zero-order valence-electron chi connectivity index (χ0n) is 16.5. The molecule has 0 bridgehead atoms. The van der Waals surface area contributed by atoms with Crippen LogP contribution in [-0.4, -0.2) is 15.7 Å². The number of carbonyl (C=O) groups excluding carboxylic acids is 1. The number of anilines is 1. The first-order valence-electron chi connectivity index (χ1n) is 9.08. The summed E-state index contributed by atoms with van der Waals surface area (Å²) in [6, 6.07) is 5.55. The van der Waals surface area contributed by atoms with Gasteiger partial charge in [-0.1, -0.05) is 6.07 Å². The topological polar surface area (TPSA) is 60.1 Å². The van der Waals surface area contributed by atoms with E-state index in [1.807, 2.05) is 0 Å². The van der Waals surface area contributed by atoms with Crippen molar-refractivity contribution in [2.75, 3.05) is 5.32 Å². The Morgan fingerprint density at radius 1 is 1.23 bits per heavy atom. The lowest BCUT2D eigenvalue weighted by Crippen LogP contribution is -2.16. The number of hydrogen-bond acceptors (Lipinski definition) is 3. The van der Waals surface area contributed by atoms with Gasteiger partial charge in [0.2, 0.25) is 5.91 Å². The van der Waals surface area contributed by atoms with E-state index < -0.39 is 29.1 Å². The first-order valence-corrected chi connectivity index (χ1v) is 9.08. The first kappa shape index (κ1) is 22.3. The molecule has 0 saturated carbocycles. The van der Waals surface area contributed by atoms with Gasteiger partial charge >= 0.3 is 6.18 Å². The Hall–Kier alpha value is -3.43. The van der Waals surface area contributed by atoms with E-state index in [-0.39, 0.29) is 12.1 Å². The number of halogens is 5. The average molecular weight is 439 g/mol. The molecule has 164 valence electrons. The summed E-state index contributed by atoms with van der Waals surface area (Å²) in [7, 11) is 0. The highest BCUT2D eigenvalue weighted by Gasteiger charge is 2.35. The monoisotopic (exact) mass is 439 g/mol. The highest BCUT2D eigenvalue weighted by molar-refractivity contribution is 6.01. The molecule has 5 nitrogen and oxygen atoms in total. The van der Waals surface area contributed by atoms with Gasteiger partial charge in [0.05, 0.1) is 29.8 Å². The van der Waals surface area contributed by atoms with E-state index in [1.54, 1.807) is 19.1 Å².